The van der Waals surface area contributed by atoms with E-state index >= 15 is 0 Å². The third kappa shape index (κ3) is 4.14. The fraction of sp³-hybridized carbons (Fsp3) is 0.417. The van der Waals surface area contributed by atoms with E-state index in [0.717, 1.165) is 52.8 Å². The first-order chi connectivity index (χ1) is 13.8. The zero-order valence-corrected chi connectivity index (χ0v) is 18.2. The van der Waals surface area contributed by atoms with E-state index in [1.54, 1.807) is 6.92 Å². The summed E-state index contributed by atoms with van der Waals surface area (Å²) in [7, 11) is 3.98. The highest BCUT2D eigenvalue weighted by atomic mass is 16.1. The second kappa shape index (κ2) is 8.68. The molecular weight excluding hydrogens is 360 g/mol. The number of rotatable bonds is 8. The SMILES string of the molecule is C=C1c2c(nc(CCCCCC)n2Cc2cccc(C(C)=O)c2)N(C)C(=C)N1C. The number of imidazole rings is 1. The van der Waals surface area contributed by atoms with Crippen LogP contribution in [0, 0.1) is 0 Å². The molecule has 1 aromatic heterocycles. The Morgan fingerprint density at radius 2 is 1.86 bits per heavy atom. The second-order valence-electron chi connectivity index (χ2n) is 7.83. The van der Waals surface area contributed by atoms with Crippen molar-refractivity contribution in [3.8, 4) is 0 Å². The van der Waals surface area contributed by atoms with Gasteiger partial charge in [-0.25, -0.2) is 4.98 Å². The fourth-order valence-electron chi connectivity index (χ4n) is 3.81. The maximum absolute atomic E-state index is 11.8. The topological polar surface area (TPSA) is 41.4 Å². The third-order valence-electron chi connectivity index (χ3n) is 5.73. The van der Waals surface area contributed by atoms with Crippen LogP contribution in [0.25, 0.3) is 5.70 Å². The lowest BCUT2D eigenvalue weighted by atomic mass is 10.1. The number of anilines is 1. The lowest BCUT2D eigenvalue weighted by Crippen LogP contribution is -2.34. The molecule has 0 bridgehead atoms. The molecule has 1 aliphatic heterocycles. The Kier molecular flexibility index (Phi) is 6.26. The van der Waals surface area contributed by atoms with Gasteiger partial charge in [0.1, 0.15) is 17.3 Å². The van der Waals surface area contributed by atoms with E-state index in [4.69, 9.17) is 4.98 Å². The molecule has 0 aliphatic carbocycles. The number of hydrogen-bond donors (Lipinski definition) is 0. The summed E-state index contributed by atoms with van der Waals surface area (Å²) in [6.07, 6.45) is 5.71. The summed E-state index contributed by atoms with van der Waals surface area (Å²) in [5.74, 6) is 2.92. The number of fused-ring (bicyclic) bond motifs is 1. The van der Waals surface area contributed by atoms with E-state index in [0.29, 0.717) is 6.54 Å². The Morgan fingerprint density at radius 3 is 2.55 bits per heavy atom. The average molecular weight is 393 g/mol. The number of Topliss-reactive ketones (excluding diaryl/α,β-unsaturated/α-hetero) is 1. The minimum Gasteiger partial charge on any atom is -0.330 e. The molecule has 0 fully saturated rings. The predicted molar refractivity (Wildman–Crippen MR) is 120 cm³/mol. The zero-order valence-electron chi connectivity index (χ0n) is 18.2. The van der Waals surface area contributed by atoms with Crippen molar-refractivity contribution in [2.75, 3.05) is 19.0 Å². The van der Waals surface area contributed by atoms with Crippen LogP contribution in [0.4, 0.5) is 5.82 Å². The Morgan fingerprint density at radius 1 is 1.10 bits per heavy atom. The summed E-state index contributed by atoms with van der Waals surface area (Å²) < 4.78 is 2.27. The van der Waals surface area contributed by atoms with Gasteiger partial charge in [0, 0.05) is 32.6 Å². The molecule has 2 heterocycles. The summed E-state index contributed by atoms with van der Waals surface area (Å²) >= 11 is 0. The van der Waals surface area contributed by atoms with Crippen LogP contribution in [-0.4, -0.2) is 34.3 Å². The number of carbonyl (C=O) groups is 1. The van der Waals surface area contributed by atoms with Gasteiger partial charge >= 0.3 is 0 Å². The summed E-state index contributed by atoms with van der Waals surface area (Å²) in [5.41, 5.74) is 3.76. The number of nitrogens with zero attached hydrogens (tertiary/aromatic N) is 4. The van der Waals surface area contributed by atoms with Crippen molar-refractivity contribution in [1.82, 2.24) is 14.5 Å². The van der Waals surface area contributed by atoms with Gasteiger partial charge in [-0.3, -0.25) is 4.79 Å². The van der Waals surface area contributed by atoms with Crippen LogP contribution in [-0.2, 0) is 13.0 Å². The van der Waals surface area contributed by atoms with E-state index in [1.165, 1.54) is 19.3 Å². The summed E-state index contributed by atoms with van der Waals surface area (Å²) in [6.45, 7) is 13.0. The van der Waals surface area contributed by atoms with Crippen LogP contribution >= 0.6 is 0 Å². The molecule has 5 nitrogen and oxygen atoms in total. The summed E-state index contributed by atoms with van der Waals surface area (Å²) in [6, 6.07) is 7.86. The minimum absolute atomic E-state index is 0.0828. The zero-order chi connectivity index (χ0) is 21.1. The first-order valence-electron chi connectivity index (χ1n) is 10.4. The maximum atomic E-state index is 11.8. The van der Waals surface area contributed by atoms with Crippen molar-refractivity contribution in [3.63, 3.8) is 0 Å². The van der Waals surface area contributed by atoms with Gasteiger partial charge in [0.25, 0.3) is 0 Å². The van der Waals surface area contributed by atoms with Gasteiger partial charge in [-0.05, 0) is 25.0 Å². The molecular formula is C24H32N4O. The Bertz CT molecular complexity index is 940. The smallest absolute Gasteiger partial charge is 0.162 e. The van der Waals surface area contributed by atoms with Crippen LogP contribution in [0.15, 0.2) is 43.2 Å². The van der Waals surface area contributed by atoms with Crippen molar-refractivity contribution in [3.05, 3.63) is 65.9 Å². The van der Waals surface area contributed by atoms with E-state index in [1.807, 2.05) is 42.1 Å². The lowest BCUT2D eigenvalue weighted by Gasteiger charge is -2.36. The number of unbranched alkanes of at least 4 members (excludes halogenated alkanes) is 3. The molecule has 29 heavy (non-hydrogen) atoms. The van der Waals surface area contributed by atoms with Gasteiger partial charge in [-0.2, -0.15) is 0 Å². The summed E-state index contributed by atoms with van der Waals surface area (Å²) in [5, 5.41) is 0. The van der Waals surface area contributed by atoms with Crippen molar-refractivity contribution < 1.29 is 4.79 Å². The van der Waals surface area contributed by atoms with Gasteiger partial charge in [0.05, 0.1) is 5.70 Å². The molecule has 0 saturated heterocycles. The first-order valence-corrected chi connectivity index (χ1v) is 10.4. The molecule has 0 radical (unpaired) electrons. The quantitative estimate of drug-likeness (QED) is 0.464. The van der Waals surface area contributed by atoms with Crippen LogP contribution in [0.5, 0.6) is 0 Å². The van der Waals surface area contributed by atoms with Gasteiger partial charge in [0.15, 0.2) is 11.6 Å². The Balaban J connectivity index is 2.02. The van der Waals surface area contributed by atoms with Crippen molar-refractivity contribution in [2.45, 2.75) is 52.5 Å². The first kappa shape index (κ1) is 20.9. The molecule has 0 amide bonds. The molecule has 2 aromatic rings. The molecule has 154 valence electrons. The fourth-order valence-corrected chi connectivity index (χ4v) is 3.81. The molecule has 0 N–H and O–H groups in total. The molecule has 5 heteroatoms. The maximum Gasteiger partial charge on any atom is 0.162 e. The average Bonchev–Trinajstić information content (AvgIpc) is 3.06. The van der Waals surface area contributed by atoms with E-state index in [9.17, 15) is 4.79 Å². The van der Waals surface area contributed by atoms with Crippen molar-refractivity contribution in [1.29, 1.82) is 0 Å². The minimum atomic E-state index is 0.0828. The molecule has 3 rings (SSSR count). The van der Waals surface area contributed by atoms with Gasteiger partial charge in [-0.15, -0.1) is 0 Å². The number of aryl methyl sites for hydroxylation is 1. The number of carbonyl (C=O) groups excluding carboxylic acids is 1. The highest BCUT2D eigenvalue weighted by Gasteiger charge is 2.31. The van der Waals surface area contributed by atoms with E-state index in [2.05, 4.69) is 30.7 Å². The normalized spacial score (nSPS) is 13.8. The molecule has 0 atom stereocenters. The van der Waals surface area contributed by atoms with E-state index < -0.39 is 0 Å². The van der Waals surface area contributed by atoms with Crippen LogP contribution < -0.4 is 4.90 Å². The molecule has 0 saturated carbocycles. The number of hydrogen-bond acceptors (Lipinski definition) is 4. The van der Waals surface area contributed by atoms with Crippen LogP contribution in [0.2, 0.25) is 0 Å². The largest absolute Gasteiger partial charge is 0.330 e. The molecule has 0 spiro atoms. The Hall–Kier alpha value is -2.82. The van der Waals surface area contributed by atoms with Gasteiger partial charge < -0.3 is 14.4 Å². The monoisotopic (exact) mass is 392 g/mol. The van der Waals surface area contributed by atoms with Crippen LogP contribution in [0.1, 0.15) is 67.0 Å². The van der Waals surface area contributed by atoms with Crippen molar-refractivity contribution >= 4 is 17.3 Å². The van der Waals surface area contributed by atoms with Crippen molar-refractivity contribution in [2.24, 2.45) is 0 Å². The lowest BCUT2D eigenvalue weighted by molar-refractivity contribution is 0.101. The van der Waals surface area contributed by atoms with Crippen LogP contribution in [0.3, 0.4) is 0 Å². The predicted octanol–water partition coefficient (Wildman–Crippen LogP) is 5.08. The standard InChI is InChI=1S/C24H32N4O/c1-7-8-9-10-14-22-25-24-23(17(2)26(5)19(4)27(24)6)28(22)16-20-12-11-13-21(15-20)18(3)29/h11-13,15H,2,4,7-10,14,16H2,1,3,5-6H3. The number of ketones is 1. The molecule has 1 aliphatic rings. The Labute approximate surface area is 174 Å². The molecule has 1 aromatic carbocycles. The third-order valence-corrected chi connectivity index (χ3v) is 5.73. The highest BCUT2D eigenvalue weighted by Crippen LogP contribution is 2.37. The van der Waals surface area contributed by atoms with E-state index in [-0.39, 0.29) is 5.78 Å². The van der Waals surface area contributed by atoms with Gasteiger partial charge in [-0.1, -0.05) is 57.5 Å². The second-order valence-corrected chi connectivity index (χ2v) is 7.83. The highest BCUT2D eigenvalue weighted by molar-refractivity contribution is 5.94. The summed E-state index contributed by atoms with van der Waals surface area (Å²) in [4.78, 5) is 20.8. The molecule has 0 unspecified atom stereocenters. The van der Waals surface area contributed by atoms with Gasteiger partial charge in [0.2, 0.25) is 0 Å². The number of aromatic nitrogens is 2. The number of benzene rings is 1.